The van der Waals surface area contributed by atoms with E-state index in [0.717, 1.165) is 22.5 Å². The van der Waals surface area contributed by atoms with Crippen LogP contribution in [0.5, 0.6) is 0 Å². The number of thioether (sulfide) groups is 1. The van der Waals surface area contributed by atoms with Gasteiger partial charge >= 0.3 is 0 Å². The molecule has 5 rings (SSSR count). The van der Waals surface area contributed by atoms with Gasteiger partial charge in [-0.1, -0.05) is 72.3 Å². The predicted molar refractivity (Wildman–Crippen MR) is 200 cm³/mol. The number of nitrogens with zero attached hydrogens (tertiary/aromatic N) is 1. The number of hydrogen-bond acceptors (Lipinski definition) is 7. The molecule has 0 aliphatic carbocycles. The van der Waals surface area contributed by atoms with Crippen LogP contribution in [0, 0.1) is 25.2 Å². The van der Waals surface area contributed by atoms with Crippen molar-refractivity contribution >= 4 is 69.2 Å². The van der Waals surface area contributed by atoms with Gasteiger partial charge in [0.25, 0.3) is 17.7 Å². The minimum atomic E-state index is -0.599. The maximum absolute atomic E-state index is 13.5. The number of nitrogens with one attached hydrogen (secondary N) is 4. The summed E-state index contributed by atoms with van der Waals surface area (Å²) in [6, 6.07) is 34.3. The van der Waals surface area contributed by atoms with E-state index >= 15 is 0 Å². The van der Waals surface area contributed by atoms with Crippen LogP contribution in [0.4, 0.5) is 16.4 Å². The van der Waals surface area contributed by atoms with Gasteiger partial charge in [-0.15, -0.1) is 23.1 Å². The molecule has 4 amide bonds. The van der Waals surface area contributed by atoms with Crippen LogP contribution in [0.1, 0.15) is 49.2 Å². The molecule has 1 aromatic heterocycles. The third-order valence-corrected chi connectivity index (χ3v) is 9.69. The quantitative estimate of drug-likeness (QED) is 0.0813. The third-order valence-electron chi connectivity index (χ3n) is 7.39. The highest BCUT2D eigenvalue weighted by atomic mass is 32.2. The average Bonchev–Trinajstić information content (AvgIpc) is 3.43. The normalized spacial score (nSPS) is 11.5. The molecule has 0 saturated carbocycles. The van der Waals surface area contributed by atoms with Gasteiger partial charge in [-0.05, 0) is 80.4 Å². The van der Waals surface area contributed by atoms with Crippen molar-refractivity contribution in [3.63, 3.8) is 0 Å². The Hall–Kier alpha value is -5.96. The van der Waals surface area contributed by atoms with Crippen LogP contribution in [-0.4, -0.2) is 28.9 Å². The second-order valence-corrected chi connectivity index (χ2v) is 13.7. The fourth-order valence-corrected chi connectivity index (χ4v) is 6.83. The molecule has 11 heteroatoms. The summed E-state index contributed by atoms with van der Waals surface area (Å²) in [6.45, 7) is 5.34. The Kier molecular flexibility index (Phi) is 11.6. The molecule has 250 valence electrons. The molecule has 1 heterocycles. The summed E-state index contributed by atoms with van der Waals surface area (Å²) >= 11 is 2.31. The second kappa shape index (κ2) is 16.4. The number of benzene rings is 4. The molecule has 4 N–H and O–H groups in total. The van der Waals surface area contributed by atoms with Crippen molar-refractivity contribution in [1.29, 1.82) is 5.26 Å². The zero-order valence-corrected chi connectivity index (χ0v) is 29.1. The molecule has 5 aromatic rings. The van der Waals surface area contributed by atoms with Crippen LogP contribution < -0.4 is 21.3 Å². The molecule has 4 aromatic carbocycles. The average molecular weight is 700 g/mol. The fourth-order valence-electron chi connectivity index (χ4n) is 4.85. The van der Waals surface area contributed by atoms with Crippen LogP contribution in [0.25, 0.3) is 6.08 Å². The first-order valence-electron chi connectivity index (χ1n) is 15.5. The second-order valence-electron chi connectivity index (χ2n) is 11.2. The molecule has 0 spiro atoms. The first kappa shape index (κ1) is 35.3. The van der Waals surface area contributed by atoms with E-state index in [1.165, 1.54) is 11.8 Å². The lowest BCUT2D eigenvalue weighted by Crippen LogP contribution is -2.30. The molecule has 0 fully saturated rings. The van der Waals surface area contributed by atoms with Gasteiger partial charge in [0.15, 0.2) is 0 Å². The smallest absolute Gasteiger partial charge is 0.272 e. The van der Waals surface area contributed by atoms with Crippen LogP contribution in [0.15, 0.2) is 120 Å². The molecule has 50 heavy (non-hydrogen) atoms. The van der Waals surface area contributed by atoms with Gasteiger partial charge in [0, 0.05) is 21.8 Å². The highest BCUT2D eigenvalue weighted by Gasteiger charge is 2.24. The summed E-state index contributed by atoms with van der Waals surface area (Å²) in [6.07, 6.45) is 1.62. The number of anilines is 3. The summed E-state index contributed by atoms with van der Waals surface area (Å²) in [5.74, 6) is -1.67. The van der Waals surface area contributed by atoms with Gasteiger partial charge < -0.3 is 21.3 Å². The zero-order valence-electron chi connectivity index (χ0n) is 27.4. The van der Waals surface area contributed by atoms with Gasteiger partial charge in [0.2, 0.25) is 5.91 Å². The van der Waals surface area contributed by atoms with Gasteiger partial charge in [-0.3, -0.25) is 19.2 Å². The lowest BCUT2D eigenvalue weighted by atomic mass is 10.1. The molecular formula is C39H33N5O4S2. The lowest BCUT2D eigenvalue weighted by Gasteiger charge is -2.14. The molecule has 0 bridgehead atoms. The van der Waals surface area contributed by atoms with Crippen molar-refractivity contribution < 1.29 is 19.2 Å². The van der Waals surface area contributed by atoms with Gasteiger partial charge in [-0.2, -0.15) is 5.26 Å². The van der Waals surface area contributed by atoms with E-state index < -0.39 is 17.1 Å². The van der Waals surface area contributed by atoms with Crippen molar-refractivity contribution in [1.82, 2.24) is 5.32 Å². The maximum atomic E-state index is 13.5. The monoisotopic (exact) mass is 699 g/mol. The number of carbonyl (C=O) groups excluding carboxylic acids is 4. The Morgan fingerprint density at radius 1 is 0.780 bits per heavy atom. The number of carbonyl (C=O) groups is 4. The standard InChI is InChI=1S/C39H33N5O4S2/c1-24-12-10-13-27(20-24)21-33(43-36(46)28-14-6-4-7-15-28)37(47)42-30-18-11-19-31(22-30)49-26(3)35(45)44-39-32(23-40)25(2)34(50-39)38(48)41-29-16-8-5-9-17-29/h4-22,26H,1-3H3,(H,41,48)(H,42,47)(H,43,46)(H,44,45)/b33-21+. The van der Waals surface area contributed by atoms with E-state index in [2.05, 4.69) is 27.3 Å². The number of aryl methyl sites for hydroxylation is 1. The lowest BCUT2D eigenvalue weighted by molar-refractivity contribution is -0.115. The van der Waals surface area contributed by atoms with E-state index in [9.17, 15) is 24.4 Å². The number of thiophene rings is 1. The summed E-state index contributed by atoms with van der Waals surface area (Å²) in [4.78, 5) is 53.8. The first-order valence-corrected chi connectivity index (χ1v) is 17.2. The molecule has 0 radical (unpaired) electrons. The minimum Gasteiger partial charge on any atom is -0.321 e. The number of rotatable bonds is 11. The molecular weight excluding hydrogens is 667 g/mol. The van der Waals surface area contributed by atoms with Crippen LogP contribution in [0.2, 0.25) is 0 Å². The summed E-state index contributed by atoms with van der Waals surface area (Å²) in [5.41, 5.74) is 4.02. The van der Waals surface area contributed by atoms with E-state index in [1.807, 2.05) is 43.3 Å². The Morgan fingerprint density at radius 2 is 1.46 bits per heavy atom. The van der Waals surface area contributed by atoms with Crippen molar-refractivity contribution in [2.75, 3.05) is 16.0 Å². The minimum absolute atomic E-state index is 0.0617. The van der Waals surface area contributed by atoms with Crippen molar-refractivity contribution in [2.24, 2.45) is 0 Å². The number of amides is 4. The number of nitriles is 1. The van der Waals surface area contributed by atoms with Gasteiger partial charge in [0.05, 0.1) is 15.7 Å². The molecule has 0 saturated heterocycles. The first-order chi connectivity index (χ1) is 24.1. The summed E-state index contributed by atoms with van der Waals surface area (Å²) in [7, 11) is 0. The largest absolute Gasteiger partial charge is 0.321 e. The SMILES string of the molecule is Cc1cccc(/C=C(/NC(=O)c2ccccc2)C(=O)Nc2cccc(SC(C)C(=O)Nc3sc(C(=O)Nc4ccccc4)c(C)c3C#N)c2)c1. The third kappa shape index (κ3) is 9.14. The number of hydrogen-bond donors (Lipinski definition) is 4. The Balaban J connectivity index is 1.27. The van der Waals surface area contributed by atoms with Crippen molar-refractivity contribution in [2.45, 2.75) is 30.9 Å². The van der Waals surface area contributed by atoms with E-state index in [4.69, 9.17) is 0 Å². The molecule has 0 aliphatic rings. The van der Waals surface area contributed by atoms with Crippen molar-refractivity contribution in [3.8, 4) is 6.07 Å². The van der Waals surface area contributed by atoms with E-state index in [0.29, 0.717) is 37.3 Å². The van der Waals surface area contributed by atoms with E-state index in [-0.39, 0.29) is 23.1 Å². The van der Waals surface area contributed by atoms with E-state index in [1.54, 1.807) is 92.7 Å². The van der Waals surface area contributed by atoms with Crippen molar-refractivity contribution in [3.05, 3.63) is 148 Å². The Bertz CT molecular complexity index is 2120. The van der Waals surface area contributed by atoms with Gasteiger partial charge in [-0.25, -0.2) is 0 Å². The zero-order chi connectivity index (χ0) is 35.6. The highest BCUT2D eigenvalue weighted by Crippen LogP contribution is 2.34. The number of para-hydroxylation sites is 1. The summed E-state index contributed by atoms with van der Waals surface area (Å²) < 4.78 is 0. The molecule has 0 aliphatic heterocycles. The maximum Gasteiger partial charge on any atom is 0.272 e. The Labute approximate surface area is 298 Å². The molecule has 1 unspecified atom stereocenters. The molecule has 1 atom stereocenters. The highest BCUT2D eigenvalue weighted by molar-refractivity contribution is 8.00. The van der Waals surface area contributed by atoms with Gasteiger partial charge in [0.1, 0.15) is 16.8 Å². The van der Waals surface area contributed by atoms with Crippen LogP contribution in [0.3, 0.4) is 0 Å². The van der Waals surface area contributed by atoms with Crippen LogP contribution in [-0.2, 0) is 9.59 Å². The van der Waals surface area contributed by atoms with Crippen LogP contribution >= 0.6 is 23.1 Å². The Morgan fingerprint density at radius 3 is 2.16 bits per heavy atom. The fraction of sp³-hybridized carbons (Fsp3) is 0.103. The molecule has 9 nitrogen and oxygen atoms in total. The summed E-state index contributed by atoms with van der Waals surface area (Å²) in [5, 5.41) is 20.8. The predicted octanol–water partition coefficient (Wildman–Crippen LogP) is 8.02. The topological polar surface area (TPSA) is 140 Å².